The van der Waals surface area contributed by atoms with Gasteiger partial charge in [0.15, 0.2) is 0 Å². The molecule has 1 aliphatic heterocycles. The molecule has 132 valence electrons. The fraction of sp³-hybridized carbons (Fsp3) is 0.211. The Morgan fingerprint density at radius 3 is 2.35 bits per heavy atom. The highest BCUT2D eigenvalue weighted by molar-refractivity contribution is 6.31. The van der Waals surface area contributed by atoms with Gasteiger partial charge in [0.05, 0.1) is 23.1 Å². The predicted octanol–water partition coefficient (Wildman–Crippen LogP) is 3.66. The van der Waals surface area contributed by atoms with Gasteiger partial charge in [-0.2, -0.15) is 0 Å². The summed E-state index contributed by atoms with van der Waals surface area (Å²) in [6, 6.07) is 8.63. The van der Waals surface area contributed by atoms with E-state index in [0.29, 0.717) is 5.69 Å². The minimum absolute atomic E-state index is 0.0840. The van der Waals surface area contributed by atoms with Crippen molar-refractivity contribution in [3.05, 3.63) is 66.0 Å². The summed E-state index contributed by atoms with van der Waals surface area (Å²) in [5.74, 6) is 0.379. The summed E-state index contributed by atoms with van der Waals surface area (Å²) >= 11 is 5.88. The molecule has 0 saturated carbocycles. The molecule has 0 radical (unpaired) electrons. The van der Waals surface area contributed by atoms with Crippen molar-refractivity contribution in [2.45, 2.75) is 0 Å². The van der Waals surface area contributed by atoms with Gasteiger partial charge in [-0.05, 0) is 30.3 Å². The van der Waals surface area contributed by atoms with E-state index in [-0.39, 0.29) is 5.02 Å². The molecule has 0 spiro atoms. The van der Waals surface area contributed by atoms with Gasteiger partial charge in [-0.15, -0.1) is 0 Å². The number of benzene rings is 1. The van der Waals surface area contributed by atoms with Crippen LogP contribution in [0.1, 0.15) is 0 Å². The lowest BCUT2D eigenvalue weighted by Crippen LogP contribution is -2.46. The number of nitrogens with zero attached hydrogens (tertiary/aromatic N) is 5. The van der Waals surface area contributed by atoms with E-state index in [1.807, 2.05) is 24.5 Å². The van der Waals surface area contributed by atoms with Crippen molar-refractivity contribution in [3.63, 3.8) is 0 Å². The average molecular weight is 370 g/mol. The van der Waals surface area contributed by atoms with Crippen LogP contribution in [0.5, 0.6) is 0 Å². The molecule has 26 heavy (non-hydrogen) atoms. The first kappa shape index (κ1) is 16.7. The van der Waals surface area contributed by atoms with Crippen molar-refractivity contribution in [2.75, 3.05) is 36.0 Å². The van der Waals surface area contributed by atoms with Gasteiger partial charge in [0.1, 0.15) is 11.6 Å². The summed E-state index contributed by atoms with van der Waals surface area (Å²) in [5.41, 5.74) is 2.61. The fourth-order valence-corrected chi connectivity index (χ4v) is 3.23. The Bertz CT molecular complexity index is 897. The SMILES string of the molecule is Fc1ccc(-c2cncc(N3CCN(c4ccncc4)CC3)n2)cc1Cl. The number of piperazine rings is 1. The van der Waals surface area contributed by atoms with Crippen molar-refractivity contribution in [1.29, 1.82) is 0 Å². The number of pyridine rings is 1. The van der Waals surface area contributed by atoms with Crippen molar-refractivity contribution < 1.29 is 4.39 Å². The summed E-state index contributed by atoms with van der Waals surface area (Å²) < 4.78 is 13.4. The Morgan fingerprint density at radius 1 is 0.885 bits per heavy atom. The lowest BCUT2D eigenvalue weighted by atomic mass is 10.1. The predicted molar refractivity (Wildman–Crippen MR) is 101 cm³/mol. The molecule has 0 N–H and O–H groups in total. The Kier molecular flexibility index (Phi) is 4.67. The van der Waals surface area contributed by atoms with Crippen molar-refractivity contribution in [1.82, 2.24) is 15.0 Å². The summed E-state index contributed by atoms with van der Waals surface area (Å²) in [6.45, 7) is 3.51. The fourth-order valence-electron chi connectivity index (χ4n) is 3.05. The Morgan fingerprint density at radius 2 is 1.62 bits per heavy atom. The van der Waals surface area contributed by atoms with E-state index < -0.39 is 5.82 Å². The van der Waals surface area contributed by atoms with Crippen LogP contribution in [0.2, 0.25) is 5.02 Å². The zero-order valence-corrected chi connectivity index (χ0v) is 14.8. The molecule has 3 aromatic rings. The normalized spacial score (nSPS) is 14.5. The van der Waals surface area contributed by atoms with Gasteiger partial charge in [-0.1, -0.05) is 11.6 Å². The van der Waals surface area contributed by atoms with Crippen LogP contribution in [0.3, 0.4) is 0 Å². The van der Waals surface area contributed by atoms with E-state index in [4.69, 9.17) is 11.6 Å². The van der Waals surface area contributed by atoms with Gasteiger partial charge in [-0.3, -0.25) is 9.97 Å². The molecular formula is C19H17ClFN5. The molecule has 3 heterocycles. The van der Waals surface area contributed by atoms with E-state index in [1.54, 1.807) is 24.5 Å². The standard InChI is InChI=1S/C19H17ClFN5/c20-16-11-14(1-2-17(16)21)18-12-23-13-19(24-18)26-9-7-25(8-10-26)15-3-5-22-6-4-15/h1-6,11-13H,7-10H2. The van der Waals surface area contributed by atoms with E-state index in [0.717, 1.165) is 37.6 Å². The third-order valence-electron chi connectivity index (χ3n) is 4.47. The first-order valence-corrected chi connectivity index (χ1v) is 8.76. The van der Waals surface area contributed by atoms with Crippen LogP contribution >= 0.6 is 11.6 Å². The summed E-state index contributed by atoms with van der Waals surface area (Å²) in [4.78, 5) is 17.6. The topological polar surface area (TPSA) is 45.2 Å². The lowest BCUT2D eigenvalue weighted by Gasteiger charge is -2.36. The monoisotopic (exact) mass is 369 g/mol. The van der Waals surface area contributed by atoms with Crippen LogP contribution in [-0.4, -0.2) is 41.1 Å². The van der Waals surface area contributed by atoms with E-state index in [2.05, 4.69) is 24.8 Å². The second-order valence-corrected chi connectivity index (χ2v) is 6.48. The maximum absolute atomic E-state index is 13.4. The van der Waals surface area contributed by atoms with Crippen LogP contribution in [0.25, 0.3) is 11.3 Å². The molecule has 7 heteroatoms. The molecule has 1 aliphatic rings. The molecule has 0 aliphatic carbocycles. The van der Waals surface area contributed by atoms with Crippen LogP contribution in [0.15, 0.2) is 55.1 Å². The number of hydrogen-bond donors (Lipinski definition) is 0. The molecule has 5 nitrogen and oxygen atoms in total. The zero-order chi connectivity index (χ0) is 17.9. The maximum atomic E-state index is 13.4. The van der Waals surface area contributed by atoms with Crippen LogP contribution in [-0.2, 0) is 0 Å². The Hall–Kier alpha value is -2.73. The summed E-state index contributed by atoms with van der Waals surface area (Å²) in [7, 11) is 0. The van der Waals surface area contributed by atoms with Crippen molar-refractivity contribution in [3.8, 4) is 11.3 Å². The van der Waals surface area contributed by atoms with Gasteiger partial charge in [0, 0.05) is 49.8 Å². The highest BCUT2D eigenvalue weighted by Crippen LogP contribution is 2.25. The minimum atomic E-state index is -0.438. The van der Waals surface area contributed by atoms with Crippen molar-refractivity contribution >= 4 is 23.1 Å². The quantitative estimate of drug-likeness (QED) is 0.705. The van der Waals surface area contributed by atoms with E-state index in [9.17, 15) is 4.39 Å². The number of rotatable bonds is 3. The Labute approximate surface area is 156 Å². The third kappa shape index (κ3) is 3.46. The number of anilines is 2. The first-order valence-electron chi connectivity index (χ1n) is 8.38. The summed E-state index contributed by atoms with van der Waals surface area (Å²) in [6.07, 6.45) is 7.05. The van der Waals surface area contributed by atoms with Crippen LogP contribution in [0, 0.1) is 5.82 Å². The highest BCUT2D eigenvalue weighted by Gasteiger charge is 2.19. The smallest absolute Gasteiger partial charge is 0.147 e. The van der Waals surface area contributed by atoms with E-state index in [1.165, 1.54) is 11.8 Å². The van der Waals surface area contributed by atoms with Crippen LogP contribution in [0.4, 0.5) is 15.9 Å². The molecule has 2 aromatic heterocycles. The molecular weight excluding hydrogens is 353 g/mol. The Balaban J connectivity index is 1.50. The average Bonchev–Trinajstić information content (AvgIpc) is 2.71. The van der Waals surface area contributed by atoms with Gasteiger partial charge in [0.25, 0.3) is 0 Å². The van der Waals surface area contributed by atoms with Gasteiger partial charge >= 0.3 is 0 Å². The molecule has 0 atom stereocenters. The molecule has 1 aromatic carbocycles. The molecule has 0 bridgehead atoms. The molecule has 1 saturated heterocycles. The second kappa shape index (κ2) is 7.25. The molecule has 0 unspecified atom stereocenters. The van der Waals surface area contributed by atoms with Crippen LogP contribution < -0.4 is 9.80 Å². The third-order valence-corrected chi connectivity index (χ3v) is 4.76. The lowest BCUT2D eigenvalue weighted by molar-refractivity contribution is 0.628. The minimum Gasteiger partial charge on any atom is -0.368 e. The number of halogens is 2. The molecule has 1 fully saturated rings. The van der Waals surface area contributed by atoms with E-state index >= 15 is 0 Å². The van der Waals surface area contributed by atoms with Gasteiger partial charge in [0.2, 0.25) is 0 Å². The first-order chi connectivity index (χ1) is 12.7. The largest absolute Gasteiger partial charge is 0.368 e. The maximum Gasteiger partial charge on any atom is 0.147 e. The zero-order valence-electron chi connectivity index (χ0n) is 14.0. The molecule has 4 rings (SSSR count). The molecule has 0 amide bonds. The summed E-state index contributed by atoms with van der Waals surface area (Å²) in [5, 5.41) is 0.0840. The number of hydrogen-bond acceptors (Lipinski definition) is 5. The highest BCUT2D eigenvalue weighted by atomic mass is 35.5. The van der Waals surface area contributed by atoms with Gasteiger partial charge in [-0.25, -0.2) is 9.37 Å². The van der Waals surface area contributed by atoms with Crippen molar-refractivity contribution in [2.24, 2.45) is 0 Å². The number of aromatic nitrogens is 3. The second-order valence-electron chi connectivity index (χ2n) is 6.07. The van der Waals surface area contributed by atoms with Gasteiger partial charge < -0.3 is 9.80 Å².